The molecule has 6 nitrogen and oxygen atoms in total. The van der Waals surface area contributed by atoms with Crippen LogP contribution in [0.4, 0.5) is 0 Å². The second-order valence-electron chi connectivity index (χ2n) is 4.54. The van der Waals surface area contributed by atoms with Crippen LogP contribution in [0.15, 0.2) is 40.0 Å². The molecule has 8 heteroatoms. The van der Waals surface area contributed by atoms with Crippen LogP contribution in [0.2, 0.25) is 0 Å². The van der Waals surface area contributed by atoms with E-state index in [2.05, 4.69) is 10.2 Å². The highest BCUT2D eigenvalue weighted by atomic mass is 32.2. The summed E-state index contributed by atoms with van der Waals surface area (Å²) in [7, 11) is -3.17. The van der Waals surface area contributed by atoms with Gasteiger partial charge in [-0.3, -0.25) is 0 Å². The fourth-order valence-electron chi connectivity index (χ4n) is 1.99. The van der Waals surface area contributed by atoms with Gasteiger partial charge in [0.05, 0.1) is 22.9 Å². The molecule has 0 unspecified atom stereocenters. The molecule has 2 aromatic rings. The van der Waals surface area contributed by atoms with Gasteiger partial charge in [0.15, 0.2) is 9.84 Å². The fourth-order valence-corrected chi connectivity index (χ4v) is 5.35. The molecule has 0 saturated carbocycles. The van der Waals surface area contributed by atoms with Gasteiger partial charge in [-0.05, 0) is 12.1 Å². The summed E-state index contributed by atoms with van der Waals surface area (Å²) in [5, 5.41) is 17.3. The summed E-state index contributed by atoms with van der Waals surface area (Å²) in [5.74, 6) is 0.107. The van der Waals surface area contributed by atoms with Gasteiger partial charge in [0, 0.05) is 5.56 Å². The number of aromatic nitrogens is 2. The number of aliphatic hydroxyl groups excluding tert-OH is 1. The first-order valence-corrected chi connectivity index (χ1v) is 8.68. The number of hydrogen-bond acceptors (Lipinski definition) is 7. The smallest absolute Gasteiger partial charge is 0.277 e. The van der Waals surface area contributed by atoms with E-state index in [1.165, 1.54) is 0 Å². The van der Waals surface area contributed by atoms with Crippen molar-refractivity contribution in [1.29, 1.82) is 0 Å². The first-order valence-electron chi connectivity index (χ1n) is 5.97. The molecule has 0 aliphatic carbocycles. The van der Waals surface area contributed by atoms with E-state index in [0.29, 0.717) is 5.89 Å². The normalized spacial score (nSPS) is 24.9. The summed E-state index contributed by atoms with van der Waals surface area (Å²) in [5.41, 5.74) is 0.798. The molecule has 0 radical (unpaired) electrons. The minimum Gasteiger partial charge on any atom is -0.411 e. The third-order valence-electron chi connectivity index (χ3n) is 2.95. The van der Waals surface area contributed by atoms with Gasteiger partial charge in [-0.2, -0.15) is 0 Å². The fraction of sp³-hybridized carbons (Fsp3) is 0.333. The Kier molecular flexibility index (Phi) is 3.53. The van der Waals surface area contributed by atoms with Crippen molar-refractivity contribution in [1.82, 2.24) is 10.2 Å². The Balaban J connectivity index is 1.75. The van der Waals surface area contributed by atoms with E-state index in [1.54, 1.807) is 0 Å². The largest absolute Gasteiger partial charge is 0.411 e. The number of rotatable bonds is 3. The van der Waals surface area contributed by atoms with Crippen molar-refractivity contribution in [3.63, 3.8) is 0 Å². The molecule has 1 fully saturated rings. The number of sulfone groups is 1. The van der Waals surface area contributed by atoms with Crippen molar-refractivity contribution in [2.24, 2.45) is 0 Å². The first kappa shape index (κ1) is 13.6. The predicted molar refractivity (Wildman–Crippen MR) is 74.0 cm³/mol. The molecule has 1 N–H and O–H groups in total. The zero-order valence-electron chi connectivity index (χ0n) is 10.3. The van der Waals surface area contributed by atoms with Crippen molar-refractivity contribution in [3.8, 4) is 11.5 Å². The molecular formula is C12H12N2O4S2. The molecule has 0 amide bonds. The molecule has 1 aromatic heterocycles. The third kappa shape index (κ3) is 2.87. The summed E-state index contributed by atoms with van der Waals surface area (Å²) in [4.78, 5) is 0. The molecule has 2 atom stereocenters. The number of nitrogens with zero attached hydrogens (tertiary/aromatic N) is 2. The zero-order valence-corrected chi connectivity index (χ0v) is 12.0. The summed E-state index contributed by atoms with van der Waals surface area (Å²) in [6.07, 6.45) is -0.892. The summed E-state index contributed by atoms with van der Waals surface area (Å²) < 4.78 is 28.3. The molecular weight excluding hydrogens is 300 g/mol. The highest BCUT2D eigenvalue weighted by Crippen LogP contribution is 2.31. The minimum absolute atomic E-state index is 0.0676. The van der Waals surface area contributed by atoms with Gasteiger partial charge < -0.3 is 9.52 Å². The van der Waals surface area contributed by atoms with E-state index in [-0.39, 0.29) is 16.7 Å². The Morgan fingerprint density at radius 2 is 1.95 bits per heavy atom. The summed E-state index contributed by atoms with van der Waals surface area (Å²) in [6.45, 7) is 0. The molecule has 0 spiro atoms. The number of aliphatic hydroxyl groups is 1. The van der Waals surface area contributed by atoms with E-state index in [0.717, 1.165) is 17.3 Å². The average Bonchev–Trinajstić information content (AvgIpc) is 2.96. The quantitative estimate of drug-likeness (QED) is 0.903. The topological polar surface area (TPSA) is 93.3 Å². The van der Waals surface area contributed by atoms with Crippen LogP contribution in [0.25, 0.3) is 11.5 Å². The summed E-state index contributed by atoms with van der Waals surface area (Å²) in [6, 6.07) is 9.29. The van der Waals surface area contributed by atoms with Gasteiger partial charge in [-0.1, -0.05) is 30.0 Å². The zero-order chi connectivity index (χ0) is 14.2. The Morgan fingerprint density at radius 1 is 1.20 bits per heavy atom. The van der Waals surface area contributed by atoms with Crippen LogP contribution in [0.5, 0.6) is 0 Å². The molecule has 106 valence electrons. The Bertz CT molecular complexity index is 699. The lowest BCUT2D eigenvalue weighted by molar-refractivity contribution is 0.207. The predicted octanol–water partition coefficient (Wildman–Crippen LogP) is 0.987. The lowest BCUT2D eigenvalue weighted by Gasteiger charge is -2.07. The van der Waals surface area contributed by atoms with Gasteiger partial charge in [0.1, 0.15) is 0 Å². The van der Waals surface area contributed by atoms with Crippen LogP contribution < -0.4 is 0 Å². The van der Waals surface area contributed by atoms with Crippen molar-refractivity contribution >= 4 is 21.6 Å². The van der Waals surface area contributed by atoms with Gasteiger partial charge in [-0.15, -0.1) is 10.2 Å². The first-order chi connectivity index (χ1) is 9.53. The number of benzene rings is 1. The van der Waals surface area contributed by atoms with Gasteiger partial charge in [0.2, 0.25) is 5.89 Å². The summed E-state index contributed by atoms with van der Waals surface area (Å²) >= 11 is 1.11. The maximum absolute atomic E-state index is 11.4. The highest BCUT2D eigenvalue weighted by Gasteiger charge is 2.38. The van der Waals surface area contributed by atoms with Crippen LogP contribution in [0.1, 0.15) is 0 Å². The van der Waals surface area contributed by atoms with Crippen LogP contribution >= 0.6 is 11.8 Å². The monoisotopic (exact) mass is 312 g/mol. The third-order valence-corrected chi connectivity index (χ3v) is 6.03. The molecule has 0 bridgehead atoms. The second kappa shape index (κ2) is 5.19. The van der Waals surface area contributed by atoms with Gasteiger partial charge >= 0.3 is 0 Å². The highest BCUT2D eigenvalue weighted by molar-refractivity contribution is 8.01. The van der Waals surface area contributed by atoms with Crippen molar-refractivity contribution in [2.75, 3.05) is 11.5 Å². The lowest BCUT2D eigenvalue weighted by Crippen LogP contribution is -2.19. The number of hydrogen-bond donors (Lipinski definition) is 1. The molecule has 1 aliphatic rings. The Labute approximate surface area is 120 Å². The van der Waals surface area contributed by atoms with Crippen molar-refractivity contribution in [3.05, 3.63) is 30.3 Å². The van der Waals surface area contributed by atoms with Crippen LogP contribution in [-0.4, -0.2) is 46.6 Å². The Hall–Kier alpha value is -1.38. The maximum Gasteiger partial charge on any atom is 0.277 e. The van der Waals surface area contributed by atoms with Crippen LogP contribution in [0, 0.1) is 0 Å². The van der Waals surface area contributed by atoms with Crippen molar-refractivity contribution in [2.45, 2.75) is 16.6 Å². The molecule has 2 heterocycles. The maximum atomic E-state index is 11.4. The van der Waals surface area contributed by atoms with Crippen molar-refractivity contribution < 1.29 is 17.9 Å². The Morgan fingerprint density at radius 3 is 2.60 bits per heavy atom. The van der Waals surface area contributed by atoms with Gasteiger partial charge in [0.25, 0.3) is 5.22 Å². The molecule has 3 rings (SSSR count). The minimum atomic E-state index is -3.17. The SMILES string of the molecule is O=S1(=O)C[C@H](Sc2nnc(-c3ccccc3)o2)[C@@H](O)C1. The molecule has 1 aromatic carbocycles. The van der Waals surface area contributed by atoms with Crippen LogP contribution in [0.3, 0.4) is 0 Å². The average molecular weight is 312 g/mol. The van der Waals surface area contributed by atoms with E-state index >= 15 is 0 Å². The van der Waals surface area contributed by atoms with E-state index in [1.807, 2.05) is 30.3 Å². The standard InChI is InChI=1S/C12H12N2O4S2/c15-9-6-20(16,17)7-10(9)19-12-14-13-11(18-12)8-4-2-1-3-5-8/h1-5,9-10,15H,6-7H2/t9-,10-/m0/s1. The van der Waals surface area contributed by atoms with E-state index in [4.69, 9.17) is 4.42 Å². The van der Waals surface area contributed by atoms with E-state index in [9.17, 15) is 13.5 Å². The molecule has 20 heavy (non-hydrogen) atoms. The van der Waals surface area contributed by atoms with E-state index < -0.39 is 21.2 Å². The van der Waals surface area contributed by atoms with Crippen LogP contribution in [-0.2, 0) is 9.84 Å². The lowest BCUT2D eigenvalue weighted by atomic mass is 10.2. The number of thioether (sulfide) groups is 1. The van der Waals surface area contributed by atoms with Gasteiger partial charge in [-0.25, -0.2) is 8.42 Å². The molecule has 1 saturated heterocycles. The second-order valence-corrected chi connectivity index (χ2v) is 7.88. The molecule has 1 aliphatic heterocycles.